The molecule has 3 aromatic carbocycles. The van der Waals surface area contributed by atoms with Gasteiger partial charge in [-0.3, -0.25) is 4.79 Å². The van der Waals surface area contributed by atoms with E-state index in [1.807, 2.05) is 42.2 Å². The Morgan fingerprint density at radius 2 is 1.89 bits per heavy atom. The number of rotatable bonds is 3. The Morgan fingerprint density at radius 3 is 2.63 bits per heavy atom. The zero-order valence-corrected chi connectivity index (χ0v) is 21.9. The molecule has 1 fully saturated rings. The molecule has 7 rings (SSSR count). The minimum Gasteiger partial charge on any atom is -0.492 e. The van der Waals surface area contributed by atoms with Gasteiger partial charge in [0.25, 0.3) is 5.91 Å². The van der Waals surface area contributed by atoms with E-state index in [1.165, 1.54) is 11.1 Å². The number of ether oxygens (including phenoxy) is 1. The Kier molecular flexibility index (Phi) is 5.53. The number of benzene rings is 3. The summed E-state index contributed by atoms with van der Waals surface area (Å²) in [5, 5.41) is 5.17. The van der Waals surface area contributed by atoms with Crippen molar-refractivity contribution in [1.29, 1.82) is 0 Å². The summed E-state index contributed by atoms with van der Waals surface area (Å²) >= 11 is 0. The lowest BCUT2D eigenvalue weighted by atomic mass is 9.74. The van der Waals surface area contributed by atoms with Gasteiger partial charge in [-0.25, -0.2) is 14.9 Å². The van der Waals surface area contributed by atoms with Crippen molar-refractivity contribution in [1.82, 2.24) is 5.32 Å². The van der Waals surface area contributed by atoms with Gasteiger partial charge in [-0.05, 0) is 105 Å². The van der Waals surface area contributed by atoms with E-state index >= 15 is 0 Å². The first kappa shape index (κ1) is 23.4. The Labute approximate surface area is 223 Å². The minimum absolute atomic E-state index is 0.0557. The Bertz CT molecular complexity index is 1440. The number of amides is 1. The average molecular weight is 509 g/mol. The molecule has 38 heavy (non-hydrogen) atoms. The number of fused-ring (bicyclic) bond motifs is 3. The fourth-order valence-electron chi connectivity index (χ4n) is 6.33. The molecule has 0 aromatic heterocycles. The first-order chi connectivity index (χ1) is 18.5. The molecule has 7 heteroatoms. The maximum absolute atomic E-state index is 13.7. The van der Waals surface area contributed by atoms with Crippen molar-refractivity contribution in [3.8, 4) is 16.9 Å². The number of nitrogens with zero attached hydrogens (tertiary/aromatic N) is 3. The number of carbonyl (C=O) groups excluding carboxylic acids is 1. The molecule has 0 aliphatic carbocycles. The zero-order valence-electron chi connectivity index (χ0n) is 21.9. The molecule has 1 unspecified atom stereocenters. The lowest BCUT2D eigenvalue weighted by molar-refractivity contribution is 0.0988. The average Bonchev–Trinajstić information content (AvgIpc) is 3.65. The molecule has 4 aliphatic rings. The molecule has 194 valence electrons. The van der Waals surface area contributed by atoms with Crippen molar-refractivity contribution in [2.45, 2.75) is 44.8 Å². The van der Waals surface area contributed by atoms with E-state index in [9.17, 15) is 4.79 Å². The molecular formula is C31H32N4O3. The molecule has 7 nitrogen and oxygen atoms in total. The van der Waals surface area contributed by atoms with Crippen LogP contribution in [0.1, 0.15) is 46.8 Å². The molecule has 0 radical (unpaired) electrons. The number of hydroxylamine groups is 1. The Morgan fingerprint density at radius 1 is 1.08 bits per heavy atom. The van der Waals surface area contributed by atoms with Gasteiger partial charge in [0.2, 0.25) is 0 Å². The third-order valence-electron chi connectivity index (χ3n) is 8.51. The highest BCUT2D eigenvalue weighted by molar-refractivity contribution is 6.07. The molecule has 0 saturated carbocycles. The number of anilines is 2. The molecule has 1 atom stereocenters. The standard InChI is InChI=1S/C31H32N4O3/c1-20-15-25(35-19-33-21(2)38-35)7-8-26(20)22-3-5-23(6-4-22)30(36)34-14-9-24-16-29-27(17-28(24)34)31(18-37-29)10-12-32-13-11-31/h3-8,15-17,19,21,32H,9-14,18H2,1-2H3. The first-order valence-electron chi connectivity index (χ1n) is 13.5. The van der Waals surface area contributed by atoms with Crippen LogP contribution in [0.4, 0.5) is 11.4 Å². The summed E-state index contributed by atoms with van der Waals surface area (Å²) in [6.07, 6.45) is 4.56. The predicted molar refractivity (Wildman–Crippen MR) is 149 cm³/mol. The molecule has 1 spiro atoms. The summed E-state index contributed by atoms with van der Waals surface area (Å²) in [7, 11) is 0. The fraction of sp³-hybridized carbons (Fsp3) is 0.355. The van der Waals surface area contributed by atoms with Crippen molar-refractivity contribution >= 4 is 23.6 Å². The second-order valence-electron chi connectivity index (χ2n) is 10.9. The van der Waals surface area contributed by atoms with Crippen LogP contribution in [0, 0.1) is 6.92 Å². The summed E-state index contributed by atoms with van der Waals surface area (Å²) in [6, 6.07) is 18.6. The summed E-state index contributed by atoms with van der Waals surface area (Å²) in [5.41, 5.74) is 8.62. The number of hydrogen-bond acceptors (Lipinski definition) is 6. The van der Waals surface area contributed by atoms with Crippen LogP contribution in [-0.4, -0.2) is 44.7 Å². The highest BCUT2D eigenvalue weighted by Crippen LogP contribution is 2.48. The quantitative estimate of drug-likeness (QED) is 0.539. The summed E-state index contributed by atoms with van der Waals surface area (Å²) < 4.78 is 6.16. The monoisotopic (exact) mass is 508 g/mol. The summed E-state index contributed by atoms with van der Waals surface area (Å²) in [5.74, 6) is 1.07. The van der Waals surface area contributed by atoms with E-state index < -0.39 is 0 Å². The van der Waals surface area contributed by atoms with E-state index in [1.54, 1.807) is 11.4 Å². The van der Waals surface area contributed by atoms with Gasteiger partial charge in [0, 0.05) is 28.8 Å². The van der Waals surface area contributed by atoms with Gasteiger partial charge in [-0.2, -0.15) is 0 Å². The van der Waals surface area contributed by atoms with Crippen LogP contribution in [0.2, 0.25) is 0 Å². The van der Waals surface area contributed by atoms with Crippen molar-refractivity contribution in [2.24, 2.45) is 4.99 Å². The second kappa shape index (κ2) is 8.96. The van der Waals surface area contributed by atoms with Crippen LogP contribution >= 0.6 is 0 Å². The number of nitrogens with one attached hydrogen (secondary N) is 1. The molecule has 0 bridgehead atoms. The largest absolute Gasteiger partial charge is 0.492 e. The maximum Gasteiger partial charge on any atom is 0.258 e. The third-order valence-corrected chi connectivity index (χ3v) is 8.51. The Hall–Kier alpha value is -3.68. The van der Waals surface area contributed by atoms with E-state index in [0.717, 1.165) is 72.8 Å². The van der Waals surface area contributed by atoms with Gasteiger partial charge in [0.15, 0.2) is 6.23 Å². The van der Waals surface area contributed by atoms with E-state index in [4.69, 9.17) is 9.57 Å². The molecule has 4 heterocycles. The van der Waals surface area contributed by atoms with Crippen LogP contribution in [0.5, 0.6) is 5.75 Å². The zero-order chi connectivity index (χ0) is 25.9. The van der Waals surface area contributed by atoms with Crippen LogP contribution in [0.25, 0.3) is 11.1 Å². The van der Waals surface area contributed by atoms with Crippen molar-refractivity contribution in [2.75, 3.05) is 36.2 Å². The Balaban J connectivity index is 1.13. The van der Waals surface area contributed by atoms with Gasteiger partial charge >= 0.3 is 0 Å². The second-order valence-corrected chi connectivity index (χ2v) is 10.9. The topological polar surface area (TPSA) is 66.4 Å². The molecule has 3 aromatic rings. The van der Waals surface area contributed by atoms with Crippen LogP contribution < -0.4 is 20.0 Å². The normalized spacial score (nSPS) is 21.1. The maximum atomic E-state index is 13.7. The lowest BCUT2D eigenvalue weighted by Crippen LogP contribution is -2.41. The summed E-state index contributed by atoms with van der Waals surface area (Å²) in [6.45, 7) is 7.47. The lowest BCUT2D eigenvalue weighted by Gasteiger charge is -2.33. The van der Waals surface area contributed by atoms with Crippen molar-refractivity contribution < 1.29 is 14.4 Å². The number of hydrogen-bond donors (Lipinski definition) is 1. The van der Waals surface area contributed by atoms with Crippen molar-refractivity contribution in [3.05, 3.63) is 76.9 Å². The third kappa shape index (κ3) is 3.80. The smallest absolute Gasteiger partial charge is 0.258 e. The van der Waals surface area contributed by atoms with Gasteiger partial charge in [-0.1, -0.05) is 18.2 Å². The van der Waals surface area contributed by atoms with Crippen LogP contribution in [0.3, 0.4) is 0 Å². The van der Waals surface area contributed by atoms with Crippen molar-refractivity contribution in [3.63, 3.8) is 0 Å². The minimum atomic E-state index is -0.164. The summed E-state index contributed by atoms with van der Waals surface area (Å²) in [4.78, 5) is 25.5. The number of piperidine rings is 1. The van der Waals surface area contributed by atoms with Gasteiger partial charge in [-0.15, -0.1) is 0 Å². The number of carbonyl (C=O) groups is 1. The molecule has 1 saturated heterocycles. The van der Waals surface area contributed by atoms with E-state index in [2.05, 4.69) is 41.5 Å². The van der Waals surface area contributed by atoms with Gasteiger partial charge in [0.1, 0.15) is 12.1 Å². The predicted octanol–water partition coefficient (Wildman–Crippen LogP) is 5.00. The molecular weight excluding hydrogens is 476 g/mol. The highest BCUT2D eigenvalue weighted by Gasteiger charge is 2.43. The number of aryl methyl sites for hydroxylation is 1. The first-order valence-corrected chi connectivity index (χ1v) is 13.5. The fourth-order valence-corrected chi connectivity index (χ4v) is 6.33. The van der Waals surface area contributed by atoms with E-state index in [-0.39, 0.29) is 17.6 Å². The molecule has 4 aliphatic heterocycles. The van der Waals surface area contributed by atoms with Crippen LogP contribution in [-0.2, 0) is 16.7 Å². The molecule has 1 N–H and O–H groups in total. The van der Waals surface area contributed by atoms with Gasteiger partial charge in [0.05, 0.1) is 12.3 Å². The molecule has 1 amide bonds. The SMILES string of the molecule is Cc1cc(N2C=NC(C)O2)ccc1-c1ccc(C(=O)N2CCc3cc4c(cc32)C2(CCNCC2)CO4)cc1. The van der Waals surface area contributed by atoms with Crippen LogP contribution in [0.15, 0.2) is 59.6 Å². The van der Waals surface area contributed by atoms with E-state index in [0.29, 0.717) is 12.1 Å². The number of aliphatic imine (C=N–C) groups is 1. The van der Waals surface area contributed by atoms with Gasteiger partial charge < -0.3 is 15.0 Å². The highest BCUT2D eigenvalue weighted by atomic mass is 16.7.